The molecule has 0 spiro atoms. The number of amides is 1. The molecule has 6 nitrogen and oxygen atoms in total. The van der Waals surface area contributed by atoms with Crippen molar-refractivity contribution in [1.29, 1.82) is 0 Å². The van der Waals surface area contributed by atoms with Gasteiger partial charge in [-0.25, -0.2) is 8.42 Å². The zero-order valence-electron chi connectivity index (χ0n) is 18.0. The lowest BCUT2D eigenvalue weighted by molar-refractivity contribution is 0.0998. The third kappa shape index (κ3) is 4.12. The predicted octanol–water partition coefficient (Wildman–Crippen LogP) is 4.24. The normalized spacial score (nSPS) is 18.5. The molecule has 2 aromatic carbocycles. The van der Waals surface area contributed by atoms with Crippen LogP contribution < -0.4 is 4.80 Å². The van der Waals surface area contributed by atoms with Crippen molar-refractivity contribution in [3.63, 3.8) is 0 Å². The molecule has 2 heterocycles. The molecule has 31 heavy (non-hydrogen) atoms. The zero-order valence-corrected chi connectivity index (χ0v) is 19.7. The largest absolute Gasteiger partial charge is 0.319 e. The van der Waals surface area contributed by atoms with Gasteiger partial charge in [-0.1, -0.05) is 36.8 Å². The van der Waals surface area contributed by atoms with Crippen molar-refractivity contribution in [2.45, 2.75) is 50.5 Å². The van der Waals surface area contributed by atoms with Gasteiger partial charge in [0.05, 0.1) is 15.1 Å². The maximum atomic E-state index is 13.1. The molecule has 0 saturated carbocycles. The van der Waals surface area contributed by atoms with Crippen LogP contribution in [0.25, 0.3) is 10.2 Å². The summed E-state index contributed by atoms with van der Waals surface area (Å²) >= 11 is 1.46. The highest BCUT2D eigenvalue weighted by Gasteiger charge is 2.32. The van der Waals surface area contributed by atoms with Crippen LogP contribution in [-0.2, 0) is 17.1 Å². The number of para-hydroxylation sites is 1. The maximum Gasteiger partial charge on any atom is 0.279 e. The number of fused-ring (bicyclic) bond motifs is 1. The number of sulfonamides is 1. The molecule has 164 valence electrons. The first-order valence-electron chi connectivity index (χ1n) is 10.6. The van der Waals surface area contributed by atoms with Crippen LogP contribution in [0, 0.1) is 6.92 Å². The molecule has 0 radical (unpaired) electrons. The molecule has 0 N–H and O–H groups in total. The minimum absolute atomic E-state index is 0.0477. The Morgan fingerprint density at radius 2 is 1.90 bits per heavy atom. The van der Waals surface area contributed by atoms with Gasteiger partial charge in [0.15, 0.2) is 4.80 Å². The topological polar surface area (TPSA) is 71.7 Å². The SMILES string of the molecule is CCC1CCCCN1S(=O)(=O)c1ccc(C(=O)N=c2sc3cccc(C)c3n2C)cc1. The van der Waals surface area contributed by atoms with Crippen LogP contribution >= 0.6 is 11.3 Å². The number of carbonyl (C=O) groups excluding carboxylic acids is 1. The zero-order chi connectivity index (χ0) is 22.2. The number of nitrogens with zero attached hydrogens (tertiary/aromatic N) is 3. The van der Waals surface area contributed by atoms with E-state index in [1.54, 1.807) is 16.4 Å². The van der Waals surface area contributed by atoms with E-state index in [1.807, 2.05) is 43.7 Å². The summed E-state index contributed by atoms with van der Waals surface area (Å²) in [4.78, 5) is 17.9. The average Bonchev–Trinajstić information content (AvgIpc) is 3.10. The predicted molar refractivity (Wildman–Crippen MR) is 124 cm³/mol. The lowest BCUT2D eigenvalue weighted by atomic mass is 10.0. The number of hydrogen-bond acceptors (Lipinski definition) is 4. The molecule has 1 amide bonds. The highest BCUT2D eigenvalue weighted by molar-refractivity contribution is 7.89. The van der Waals surface area contributed by atoms with Crippen molar-refractivity contribution < 1.29 is 13.2 Å². The summed E-state index contributed by atoms with van der Waals surface area (Å²) in [7, 11) is -1.66. The summed E-state index contributed by atoms with van der Waals surface area (Å²) in [5, 5.41) is 0. The van der Waals surface area contributed by atoms with Crippen molar-refractivity contribution in [3.8, 4) is 0 Å². The van der Waals surface area contributed by atoms with E-state index < -0.39 is 10.0 Å². The van der Waals surface area contributed by atoms with Crippen LogP contribution in [0.4, 0.5) is 0 Å². The van der Waals surface area contributed by atoms with Gasteiger partial charge in [0.2, 0.25) is 10.0 Å². The molecule has 0 aliphatic carbocycles. The first-order chi connectivity index (χ1) is 14.8. The standard InChI is InChI=1S/C23H27N3O3S2/c1-4-18-9-5-6-15-26(18)31(28,29)19-13-11-17(12-14-19)22(27)24-23-25(3)21-16(2)8-7-10-20(21)30-23/h7-8,10-14,18H,4-6,9,15H2,1-3H3. The molecule has 8 heteroatoms. The Bertz CT molecular complexity index is 1290. The fourth-order valence-electron chi connectivity index (χ4n) is 4.26. The van der Waals surface area contributed by atoms with Gasteiger partial charge in [-0.05, 0) is 62.1 Å². The van der Waals surface area contributed by atoms with E-state index in [0.29, 0.717) is 16.9 Å². The van der Waals surface area contributed by atoms with Crippen LogP contribution in [0.2, 0.25) is 0 Å². The number of carbonyl (C=O) groups is 1. The maximum absolute atomic E-state index is 13.1. The van der Waals surface area contributed by atoms with Crippen LogP contribution in [-0.4, -0.2) is 35.8 Å². The molecular weight excluding hydrogens is 430 g/mol. The van der Waals surface area contributed by atoms with Gasteiger partial charge >= 0.3 is 0 Å². The molecule has 1 aliphatic heterocycles. The van der Waals surface area contributed by atoms with Gasteiger partial charge < -0.3 is 4.57 Å². The number of aromatic nitrogens is 1. The van der Waals surface area contributed by atoms with Crippen molar-refractivity contribution in [1.82, 2.24) is 8.87 Å². The lowest BCUT2D eigenvalue weighted by Gasteiger charge is -2.34. The Balaban J connectivity index is 1.63. The number of piperidine rings is 1. The molecule has 1 fully saturated rings. The second-order valence-corrected chi connectivity index (χ2v) is 10.9. The molecule has 4 rings (SSSR count). The Hall–Kier alpha value is -2.29. The molecule has 1 atom stereocenters. The Labute approximate surface area is 186 Å². The number of thiazole rings is 1. The Morgan fingerprint density at radius 3 is 2.58 bits per heavy atom. The van der Waals surface area contributed by atoms with E-state index in [9.17, 15) is 13.2 Å². The first-order valence-corrected chi connectivity index (χ1v) is 12.8. The molecule has 0 bridgehead atoms. The summed E-state index contributed by atoms with van der Waals surface area (Å²) in [5.74, 6) is -0.381. The minimum Gasteiger partial charge on any atom is -0.319 e. The van der Waals surface area contributed by atoms with Crippen LogP contribution in [0.3, 0.4) is 0 Å². The third-order valence-corrected chi connectivity index (χ3v) is 9.04. The van der Waals surface area contributed by atoms with Crippen molar-refractivity contribution in [2.24, 2.45) is 12.0 Å². The number of rotatable bonds is 4. The lowest BCUT2D eigenvalue weighted by Crippen LogP contribution is -2.43. The smallest absolute Gasteiger partial charge is 0.279 e. The fraction of sp³-hybridized carbons (Fsp3) is 0.391. The van der Waals surface area contributed by atoms with Crippen LogP contribution in [0.15, 0.2) is 52.4 Å². The summed E-state index contributed by atoms with van der Waals surface area (Å²) in [6, 6.07) is 12.2. The van der Waals surface area contributed by atoms with Crippen LogP contribution in [0.1, 0.15) is 48.5 Å². The number of hydrogen-bond donors (Lipinski definition) is 0. The summed E-state index contributed by atoms with van der Waals surface area (Å²) < 4.78 is 30.9. The summed E-state index contributed by atoms with van der Waals surface area (Å²) in [5.41, 5.74) is 2.56. The van der Waals surface area contributed by atoms with Crippen molar-refractivity contribution in [2.75, 3.05) is 6.54 Å². The van der Waals surface area contributed by atoms with Gasteiger partial charge in [0.1, 0.15) is 0 Å². The van der Waals surface area contributed by atoms with Gasteiger partial charge in [-0.3, -0.25) is 4.79 Å². The van der Waals surface area contributed by atoms with Crippen molar-refractivity contribution in [3.05, 3.63) is 58.4 Å². The second-order valence-electron chi connectivity index (χ2n) is 7.98. The van der Waals surface area contributed by atoms with E-state index >= 15 is 0 Å². The average molecular weight is 458 g/mol. The number of benzene rings is 2. The second kappa shape index (κ2) is 8.68. The molecule has 1 aliphatic rings. The van der Waals surface area contributed by atoms with E-state index in [0.717, 1.165) is 41.5 Å². The highest BCUT2D eigenvalue weighted by Crippen LogP contribution is 2.27. The summed E-state index contributed by atoms with van der Waals surface area (Å²) in [6.07, 6.45) is 3.65. The number of aryl methyl sites for hydroxylation is 2. The van der Waals surface area contributed by atoms with E-state index in [1.165, 1.54) is 23.5 Å². The molecule has 3 aromatic rings. The van der Waals surface area contributed by atoms with E-state index in [-0.39, 0.29) is 16.8 Å². The Kier molecular flexibility index (Phi) is 6.14. The highest BCUT2D eigenvalue weighted by atomic mass is 32.2. The quantitative estimate of drug-likeness (QED) is 0.588. The van der Waals surface area contributed by atoms with E-state index in [4.69, 9.17) is 0 Å². The molecule has 1 aromatic heterocycles. The van der Waals surface area contributed by atoms with Gasteiger partial charge in [-0.15, -0.1) is 0 Å². The monoisotopic (exact) mass is 457 g/mol. The molecule has 1 unspecified atom stereocenters. The Morgan fingerprint density at radius 1 is 1.16 bits per heavy atom. The first kappa shape index (κ1) is 21.9. The van der Waals surface area contributed by atoms with Gasteiger partial charge in [-0.2, -0.15) is 9.30 Å². The third-order valence-electron chi connectivity index (χ3n) is 5.97. The molecule has 1 saturated heterocycles. The molecular formula is C23H27N3O3S2. The van der Waals surface area contributed by atoms with Crippen molar-refractivity contribution >= 4 is 37.5 Å². The van der Waals surface area contributed by atoms with E-state index in [2.05, 4.69) is 4.99 Å². The van der Waals surface area contributed by atoms with Gasteiger partial charge in [0, 0.05) is 25.2 Å². The summed E-state index contributed by atoms with van der Waals surface area (Å²) in [6.45, 7) is 4.61. The van der Waals surface area contributed by atoms with Crippen LogP contribution in [0.5, 0.6) is 0 Å². The fourth-order valence-corrected chi connectivity index (χ4v) is 7.12. The minimum atomic E-state index is -3.56. The van der Waals surface area contributed by atoms with Gasteiger partial charge in [0.25, 0.3) is 5.91 Å².